The monoisotopic (exact) mass is 474 g/mol. The molecule has 32 heavy (non-hydrogen) atoms. The molecule has 0 unspecified atom stereocenters. The van der Waals surface area contributed by atoms with Gasteiger partial charge in [0, 0.05) is 22.9 Å². The van der Waals surface area contributed by atoms with Crippen LogP contribution in [0.5, 0.6) is 0 Å². The van der Waals surface area contributed by atoms with Crippen molar-refractivity contribution in [2.75, 3.05) is 50.3 Å². The van der Waals surface area contributed by atoms with Crippen molar-refractivity contribution >= 4 is 46.7 Å². The summed E-state index contributed by atoms with van der Waals surface area (Å²) >= 11 is 3.21. The minimum absolute atomic E-state index is 0.0453. The van der Waals surface area contributed by atoms with E-state index in [0.29, 0.717) is 13.1 Å². The molecule has 2 aromatic carbocycles. The van der Waals surface area contributed by atoms with E-state index in [2.05, 4.69) is 10.6 Å². The largest absolute Gasteiger partial charge is 0.324 e. The minimum atomic E-state index is -0.295. The third-order valence-electron chi connectivity index (χ3n) is 5.62. The lowest BCUT2D eigenvalue weighted by Crippen LogP contribution is -2.46. The number of nitrogens with zero attached hydrogens (tertiary/aromatic N) is 2. The van der Waals surface area contributed by atoms with Crippen molar-refractivity contribution in [3.63, 3.8) is 0 Å². The van der Waals surface area contributed by atoms with Gasteiger partial charge in [0.1, 0.15) is 0 Å². The quantitative estimate of drug-likeness (QED) is 0.472. The first kappa shape index (κ1) is 26.3. The third kappa shape index (κ3) is 7.27. The van der Waals surface area contributed by atoms with Crippen LogP contribution in [0.15, 0.2) is 58.3 Å². The number of thioether (sulfide) groups is 2. The van der Waals surface area contributed by atoms with Gasteiger partial charge in [-0.2, -0.15) is 0 Å². The van der Waals surface area contributed by atoms with E-state index in [1.54, 1.807) is 23.5 Å². The molecule has 0 aliphatic rings. The first-order chi connectivity index (χ1) is 15.3. The molecule has 0 aromatic heterocycles. The van der Waals surface area contributed by atoms with Crippen molar-refractivity contribution in [1.82, 2.24) is 9.80 Å². The Morgan fingerprint density at radius 2 is 1.09 bits per heavy atom. The molecular formula is C24H34N4O2S2. The van der Waals surface area contributed by atoms with Gasteiger partial charge < -0.3 is 10.6 Å². The summed E-state index contributed by atoms with van der Waals surface area (Å²) in [6.07, 6.45) is 3.99. The number of benzene rings is 2. The van der Waals surface area contributed by atoms with Crippen LogP contribution >= 0.6 is 23.5 Å². The zero-order chi connectivity index (χ0) is 23.7. The number of likely N-dealkylation sites (N-methyl/N-ethyl adjacent to an activating group) is 2. The maximum atomic E-state index is 12.7. The van der Waals surface area contributed by atoms with Crippen molar-refractivity contribution in [2.24, 2.45) is 0 Å². The standard InChI is InChI=1S/C24H34N4O2S2/c1-17(23(29)25-19-11-7-9-13-21(19)31-5)27(3)15-16-28(4)18(2)24(30)26-20-12-8-10-14-22(20)32-6/h7-14,17-18H,15-16H2,1-6H3,(H,25,29)(H,26,30)/t17-,18-/m0/s1. The van der Waals surface area contributed by atoms with Gasteiger partial charge in [0.15, 0.2) is 0 Å². The van der Waals surface area contributed by atoms with E-state index in [1.165, 1.54) is 0 Å². The molecule has 0 aliphatic carbocycles. The Hall–Kier alpha value is -2.00. The highest BCUT2D eigenvalue weighted by Gasteiger charge is 2.22. The second-order valence-corrected chi connectivity index (χ2v) is 9.39. The van der Waals surface area contributed by atoms with Gasteiger partial charge in [-0.05, 0) is 64.7 Å². The lowest BCUT2D eigenvalue weighted by atomic mass is 10.2. The van der Waals surface area contributed by atoms with E-state index in [1.807, 2.05) is 98.8 Å². The highest BCUT2D eigenvalue weighted by atomic mass is 32.2. The van der Waals surface area contributed by atoms with E-state index in [9.17, 15) is 9.59 Å². The SMILES string of the molecule is CSc1ccccc1NC(=O)[C@H](C)N(C)CCN(C)[C@@H](C)C(=O)Nc1ccccc1SC. The Morgan fingerprint density at radius 1 is 0.750 bits per heavy atom. The fourth-order valence-corrected chi connectivity index (χ4v) is 4.18. The van der Waals surface area contributed by atoms with E-state index in [4.69, 9.17) is 0 Å². The Morgan fingerprint density at radius 3 is 1.44 bits per heavy atom. The minimum Gasteiger partial charge on any atom is -0.324 e. The number of anilines is 2. The summed E-state index contributed by atoms with van der Waals surface area (Å²) in [5.41, 5.74) is 1.66. The topological polar surface area (TPSA) is 64.7 Å². The van der Waals surface area contributed by atoms with Crippen molar-refractivity contribution in [3.05, 3.63) is 48.5 Å². The fraction of sp³-hybridized carbons (Fsp3) is 0.417. The molecule has 0 saturated heterocycles. The molecule has 6 nitrogen and oxygen atoms in total. The van der Waals surface area contributed by atoms with Crippen molar-refractivity contribution in [2.45, 2.75) is 35.7 Å². The number of hydrogen-bond donors (Lipinski definition) is 2. The van der Waals surface area contributed by atoms with E-state index < -0.39 is 0 Å². The Labute approximate surface area is 200 Å². The van der Waals surface area contributed by atoms with Crippen LogP contribution in [-0.2, 0) is 9.59 Å². The van der Waals surface area contributed by atoms with Crippen molar-refractivity contribution < 1.29 is 9.59 Å². The Balaban J connectivity index is 1.87. The van der Waals surface area contributed by atoms with Crippen molar-refractivity contribution in [3.8, 4) is 0 Å². The lowest BCUT2D eigenvalue weighted by Gasteiger charge is -2.29. The average Bonchev–Trinajstić information content (AvgIpc) is 2.81. The van der Waals surface area contributed by atoms with Crippen LogP contribution in [0.25, 0.3) is 0 Å². The van der Waals surface area contributed by atoms with Crippen LogP contribution in [0.2, 0.25) is 0 Å². The molecule has 2 N–H and O–H groups in total. The summed E-state index contributed by atoms with van der Waals surface area (Å²) in [6, 6.07) is 15.0. The number of amides is 2. The number of para-hydroxylation sites is 2. The molecular weight excluding hydrogens is 440 g/mol. The van der Waals surface area contributed by atoms with Gasteiger partial charge in [-0.3, -0.25) is 19.4 Å². The van der Waals surface area contributed by atoms with E-state index >= 15 is 0 Å². The fourth-order valence-electron chi connectivity index (χ4n) is 3.07. The second-order valence-electron chi connectivity index (χ2n) is 7.69. The predicted molar refractivity (Wildman–Crippen MR) is 138 cm³/mol. The van der Waals surface area contributed by atoms with Crippen LogP contribution in [0, 0.1) is 0 Å². The van der Waals surface area contributed by atoms with Crippen molar-refractivity contribution in [1.29, 1.82) is 0 Å². The van der Waals surface area contributed by atoms with Gasteiger partial charge in [0.2, 0.25) is 11.8 Å². The van der Waals surface area contributed by atoms with Gasteiger partial charge in [-0.1, -0.05) is 24.3 Å². The van der Waals surface area contributed by atoms with Gasteiger partial charge in [0.25, 0.3) is 0 Å². The van der Waals surface area contributed by atoms with Crippen LogP contribution in [0.3, 0.4) is 0 Å². The number of rotatable bonds is 11. The summed E-state index contributed by atoms with van der Waals surface area (Å²) in [5, 5.41) is 6.06. The summed E-state index contributed by atoms with van der Waals surface area (Å²) in [6.45, 7) is 5.11. The third-order valence-corrected chi connectivity index (χ3v) is 7.21. The zero-order valence-electron chi connectivity index (χ0n) is 19.7. The molecule has 0 aliphatic heterocycles. The highest BCUT2D eigenvalue weighted by Crippen LogP contribution is 2.25. The van der Waals surface area contributed by atoms with Gasteiger partial charge in [-0.25, -0.2) is 0 Å². The smallest absolute Gasteiger partial charge is 0.241 e. The summed E-state index contributed by atoms with van der Waals surface area (Å²) in [5.74, 6) is -0.0905. The summed E-state index contributed by atoms with van der Waals surface area (Å²) < 4.78 is 0. The maximum Gasteiger partial charge on any atom is 0.241 e. The average molecular weight is 475 g/mol. The van der Waals surface area contributed by atoms with Gasteiger partial charge >= 0.3 is 0 Å². The summed E-state index contributed by atoms with van der Waals surface area (Å²) in [7, 11) is 3.86. The van der Waals surface area contributed by atoms with Crippen LogP contribution in [0.4, 0.5) is 11.4 Å². The molecule has 174 valence electrons. The van der Waals surface area contributed by atoms with E-state index in [-0.39, 0.29) is 23.9 Å². The molecule has 0 spiro atoms. The number of hydrogen-bond acceptors (Lipinski definition) is 6. The number of nitrogens with one attached hydrogen (secondary N) is 2. The zero-order valence-corrected chi connectivity index (χ0v) is 21.3. The normalized spacial score (nSPS) is 13.1. The molecule has 0 heterocycles. The highest BCUT2D eigenvalue weighted by molar-refractivity contribution is 7.99. The lowest BCUT2D eigenvalue weighted by molar-refractivity contribution is -0.122. The molecule has 0 fully saturated rings. The van der Waals surface area contributed by atoms with Crippen LogP contribution in [0.1, 0.15) is 13.8 Å². The molecule has 0 bridgehead atoms. The molecule has 8 heteroatoms. The first-order valence-corrected chi connectivity index (χ1v) is 13.0. The first-order valence-electron chi connectivity index (χ1n) is 10.6. The molecule has 2 atom stereocenters. The van der Waals surface area contributed by atoms with Crippen LogP contribution in [-0.4, -0.2) is 73.4 Å². The number of carbonyl (C=O) groups excluding carboxylic acids is 2. The predicted octanol–water partition coefficient (Wildman–Crippen LogP) is 4.35. The van der Waals surface area contributed by atoms with Crippen LogP contribution < -0.4 is 10.6 Å². The molecule has 2 aromatic rings. The Bertz CT molecular complexity index is 836. The van der Waals surface area contributed by atoms with E-state index in [0.717, 1.165) is 21.2 Å². The number of carbonyl (C=O) groups is 2. The summed E-state index contributed by atoms with van der Waals surface area (Å²) in [4.78, 5) is 31.5. The molecule has 2 rings (SSSR count). The molecule has 2 amide bonds. The van der Waals surface area contributed by atoms with Gasteiger partial charge in [-0.15, -0.1) is 23.5 Å². The Kier molecular flexibility index (Phi) is 10.6. The van der Waals surface area contributed by atoms with Gasteiger partial charge in [0.05, 0.1) is 23.5 Å². The maximum absolute atomic E-state index is 12.7. The second kappa shape index (κ2) is 12.9. The molecule has 0 saturated carbocycles. The molecule has 0 radical (unpaired) electrons.